The number of carbonyl (C=O) groups excluding carboxylic acids is 1. The highest BCUT2D eigenvalue weighted by atomic mass is 35.5. The lowest BCUT2D eigenvalue weighted by atomic mass is 10.1. The maximum Gasteiger partial charge on any atom is 0.243 e. The molecule has 24 heavy (non-hydrogen) atoms. The minimum absolute atomic E-state index is 0.0449. The molecule has 134 valence electrons. The van der Waals surface area contributed by atoms with Gasteiger partial charge in [0.15, 0.2) is 0 Å². The standard InChI is InChI=1S/C16H24ClN3O3S/c1-16(2,3)18-15(21)12-19-8-10-20(11-9-19)24(22,23)14-6-4-13(17)5-7-14/h4-7H,8-12H2,1-3H3,(H,18,21). The summed E-state index contributed by atoms with van der Waals surface area (Å²) in [7, 11) is -3.51. The van der Waals surface area contributed by atoms with E-state index in [1.165, 1.54) is 16.4 Å². The summed E-state index contributed by atoms with van der Waals surface area (Å²) in [6.07, 6.45) is 0. The molecule has 1 amide bonds. The SMILES string of the molecule is CC(C)(C)NC(=O)CN1CCN(S(=O)(=O)c2ccc(Cl)cc2)CC1. The summed E-state index contributed by atoms with van der Waals surface area (Å²) < 4.78 is 26.7. The first kappa shape index (κ1) is 19.2. The first-order valence-corrected chi connectivity index (χ1v) is 9.69. The Balaban J connectivity index is 1.92. The molecule has 1 fully saturated rings. The lowest BCUT2D eigenvalue weighted by molar-refractivity contribution is -0.123. The summed E-state index contributed by atoms with van der Waals surface area (Å²) in [4.78, 5) is 14.2. The fraction of sp³-hybridized carbons (Fsp3) is 0.562. The molecule has 2 rings (SSSR count). The molecular formula is C16H24ClN3O3S. The van der Waals surface area contributed by atoms with E-state index in [4.69, 9.17) is 11.6 Å². The summed E-state index contributed by atoms with van der Waals surface area (Å²) in [5.41, 5.74) is -0.267. The second kappa shape index (κ2) is 7.39. The Kier molecular flexibility index (Phi) is 5.91. The molecule has 1 aliphatic heterocycles. The van der Waals surface area contributed by atoms with Crippen LogP contribution in [-0.2, 0) is 14.8 Å². The van der Waals surface area contributed by atoms with Gasteiger partial charge in [0.2, 0.25) is 15.9 Å². The monoisotopic (exact) mass is 373 g/mol. The highest BCUT2D eigenvalue weighted by molar-refractivity contribution is 7.89. The Hall–Kier alpha value is -1.15. The molecule has 0 saturated carbocycles. The average Bonchev–Trinajstić information content (AvgIpc) is 2.46. The minimum atomic E-state index is -3.51. The van der Waals surface area contributed by atoms with Gasteiger partial charge in [-0.25, -0.2) is 8.42 Å². The molecule has 0 unspecified atom stereocenters. The number of carbonyl (C=O) groups is 1. The molecule has 1 saturated heterocycles. The molecule has 0 spiro atoms. The normalized spacial score (nSPS) is 17.7. The first-order chi connectivity index (χ1) is 11.1. The third kappa shape index (κ3) is 5.17. The largest absolute Gasteiger partial charge is 0.350 e. The van der Waals surface area contributed by atoms with Gasteiger partial charge in [0.25, 0.3) is 0 Å². The van der Waals surface area contributed by atoms with Gasteiger partial charge in [0, 0.05) is 36.7 Å². The van der Waals surface area contributed by atoms with Crippen LogP contribution in [0.3, 0.4) is 0 Å². The van der Waals surface area contributed by atoms with Crippen molar-refractivity contribution in [2.75, 3.05) is 32.7 Å². The smallest absolute Gasteiger partial charge is 0.243 e. The first-order valence-electron chi connectivity index (χ1n) is 7.87. The van der Waals surface area contributed by atoms with Crippen molar-refractivity contribution >= 4 is 27.5 Å². The van der Waals surface area contributed by atoms with E-state index in [1.807, 2.05) is 25.7 Å². The molecule has 6 nitrogen and oxygen atoms in total. The quantitative estimate of drug-likeness (QED) is 0.869. The van der Waals surface area contributed by atoms with Crippen molar-refractivity contribution in [3.8, 4) is 0 Å². The maximum atomic E-state index is 12.6. The lowest BCUT2D eigenvalue weighted by Crippen LogP contribution is -2.52. The van der Waals surface area contributed by atoms with Crippen molar-refractivity contribution < 1.29 is 13.2 Å². The number of nitrogens with one attached hydrogen (secondary N) is 1. The van der Waals surface area contributed by atoms with E-state index in [1.54, 1.807) is 12.1 Å². The van der Waals surface area contributed by atoms with Gasteiger partial charge >= 0.3 is 0 Å². The van der Waals surface area contributed by atoms with E-state index in [-0.39, 0.29) is 22.9 Å². The van der Waals surface area contributed by atoms with Gasteiger partial charge in [-0.05, 0) is 45.0 Å². The van der Waals surface area contributed by atoms with Crippen LogP contribution in [0.4, 0.5) is 0 Å². The van der Waals surface area contributed by atoms with E-state index in [0.29, 0.717) is 31.2 Å². The van der Waals surface area contributed by atoms with Gasteiger partial charge in [0.05, 0.1) is 11.4 Å². The van der Waals surface area contributed by atoms with E-state index in [2.05, 4.69) is 5.32 Å². The van der Waals surface area contributed by atoms with Crippen LogP contribution in [0.1, 0.15) is 20.8 Å². The third-order valence-corrected chi connectivity index (χ3v) is 5.83. The Labute approximate surface area is 148 Å². The van der Waals surface area contributed by atoms with Gasteiger partial charge in [0.1, 0.15) is 0 Å². The molecule has 0 bridgehead atoms. The fourth-order valence-electron chi connectivity index (χ4n) is 2.54. The van der Waals surface area contributed by atoms with Gasteiger partial charge in [-0.2, -0.15) is 4.31 Å². The topological polar surface area (TPSA) is 69.7 Å². The van der Waals surface area contributed by atoms with Crippen LogP contribution in [0.25, 0.3) is 0 Å². The fourth-order valence-corrected chi connectivity index (χ4v) is 4.09. The van der Waals surface area contributed by atoms with E-state index in [0.717, 1.165) is 0 Å². The maximum absolute atomic E-state index is 12.6. The van der Waals surface area contributed by atoms with Crippen LogP contribution >= 0.6 is 11.6 Å². The van der Waals surface area contributed by atoms with Gasteiger partial charge in [-0.1, -0.05) is 11.6 Å². The molecule has 8 heteroatoms. The van der Waals surface area contributed by atoms with Gasteiger partial charge in [-0.3, -0.25) is 9.69 Å². The number of nitrogens with zero attached hydrogens (tertiary/aromatic N) is 2. The minimum Gasteiger partial charge on any atom is -0.350 e. The molecule has 0 radical (unpaired) electrons. The number of sulfonamides is 1. The summed E-state index contributed by atoms with van der Waals surface area (Å²) in [5.74, 6) is -0.0449. The number of hydrogen-bond donors (Lipinski definition) is 1. The molecule has 1 aromatic carbocycles. The van der Waals surface area contributed by atoms with Crippen LogP contribution in [0.15, 0.2) is 29.2 Å². The number of halogens is 1. The predicted molar refractivity (Wildman–Crippen MR) is 94.5 cm³/mol. The molecule has 0 aliphatic carbocycles. The summed E-state index contributed by atoms with van der Waals surface area (Å²) in [6, 6.07) is 6.17. The van der Waals surface area contributed by atoms with Crippen LogP contribution in [0.5, 0.6) is 0 Å². The van der Waals surface area contributed by atoms with Gasteiger partial charge < -0.3 is 5.32 Å². The molecule has 1 heterocycles. The molecule has 1 N–H and O–H groups in total. The molecule has 0 atom stereocenters. The zero-order valence-electron chi connectivity index (χ0n) is 14.3. The van der Waals surface area contributed by atoms with Crippen LogP contribution in [0.2, 0.25) is 5.02 Å². The Morgan fingerprint density at radius 2 is 1.67 bits per heavy atom. The van der Waals surface area contributed by atoms with Crippen molar-refractivity contribution in [1.29, 1.82) is 0 Å². The highest BCUT2D eigenvalue weighted by Gasteiger charge is 2.29. The van der Waals surface area contributed by atoms with Crippen molar-refractivity contribution in [3.63, 3.8) is 0 Å². The van der Waals surface area contributed by atoms with E-state index >= 15 is 0 Å². The van der Waals surface area contributed by atoms with Crippen LogP contribution in [-0.4, -0.2) is 61.8 Å². The summed E-state index contributed by atoms with van der Waals surface area (Å²) in [6.45, 7) is 7.88. The van der Waals surface area contributed by atoms with Crippen molar-refractivity contribution in [2.24, 2.45) is 0 Å². The van der Waals surface area contributed by atoms with Gasteiger partial charge in [-0.15, -0.1) is 0 Å². The zero-order chi connectivity index (χ0) is 18.0. The second-order valence-electron chi connectivity index (χ2n) is 6.93. The van der Waals surface area contributed by atoms with Crippen LogP contribution < -0.4 is 5.32 Å². The molecule has 1 aromatic rings. The average molecular weight is 374 g/mol. The number of hydrogen-bond acceptors (Lipinski definition) is 4. The second-order valence-corrected chi connectivity index (χ2v) is 9.31. The number of piperazine rings is 1. The van der Waals surface area contributed by atoms with Crippen LogP contribution in [0, 0.1) is 0 Å². The van der Waals surface area contributed by atoms with Crippen molar-refractivity contribution in [3.05, 3.63) is 29.3 Å². The Morgan fingerprint density at radius 1 is 1.12 bits per heavy atom. The van der Waals surface area contributed by atoms with Crippen molar-refractivity contribution in [1.82, 2.24) is 14.5 Å². The summed E-state index contributed by atoms with van der Waals surface area (Å²) in [5, 5.41) is 3.42. The molecular weight excluding hydrogens is 350 g/mol. The highest BCUT2D eigenvalue weighted by Crippen LogP contribution is 2.19. The van der Waals surface area contributed by atoms with E-state index < -0.39 is 10.0 Å². The number of amides is 1. The van der Waals surface area contributed by atoms with E-state index in [9.17, 15) is 13.2 Å². The zero-order valence-corrected chi connectivity index (χ0v) is 15.8. The Bertz CT molecular complexity index is 676. The number of rotatable bonds is 4. The Morgan fingerprint density at radius 3 is 2.17 bits per heavy atom. The summed E-state index contributed by atoms with van der Waals surface area (Å²) >= 11 is 5.81. The van der Waals surface area contributed by atoms with Crippen molar-refractivity contribution in [2.45, 2.75) is 31.2 Å². The molecule has 1 aliphatic rings. The lowest BCUT2D eigenvalue weighted by Gasteiger charge is -2.34. The third-order valence-electron chi connectivity index (χ3n) is 3.66. The molecule has 0 aromatic heterocycles. The number of benzene rings is 1. The predicted octanol–water partition coefficient (Wildman–Crippen LogP) is 1.56.